The number of benzene rings is 2. The highest BCUT2D eigenvalue weighted by atomic mass is 32.2. The van der Waals surface area contributed by atoms with Gasteiger partial charge in [0.2, 0.25) is 10.0 Å². The van der Waals surface area contributed by atoms with Crippen LogP contribution in [0.15, 0.2) is 47.4 Å². The molecule has 1 fully saturated rings. The van der Waals surface area contributed by atoms with Gasteiger partial charge >= 0.3 is 6.03 Å². The highest BCUT2D eigenvalue weighted by Crippen LogP contribution is 2.21. The van der Waals surface area contributed by atoms with Crippen molar-refractivity contribution in [3.05, 3.63) is 65.0 Å². The number of carbonyl (C=O) groups excluding carboxylic acids is 1. The summed E-state index contributed by atoms with van der Waals surface area (Å²) in [5.41, 5.74) is 1.79. The molecule has 0 aliphatic carbocycles. The molecule has 0 unspecified atom stereocenters. The molecule has 1 saturated heterocycles. The standard InChI is InChI=1S/C20H24FN3O4S/c1-15-12-16(6-7-18(15)21)13-22-20(25)23-14-17-4-2-3-5-19(17)29(26,27)24-8-10-28-11-9-24/h2-7,12H,8-11,13-14H2,1H3,(H2,22,23,25). The van der Waals surface area contributed by atoms with Gasteiger partial charge in [-0.2, -0.15) is 4.31 Å². The molecule has 7 nitrogen and oxygen atoms in total. The summed E-state index contributed by atoms with van der Waals surface area (Å²) in [4.78, 5) is 12.3. The van der Waals surface area contributed by atoms with Crippen LogP contribution in [-0.4, -0.2) is 45.1 Å². The van der Waals surface area contributed by atoms with E-state index in [1.54, 1.807) is 43.3 Å². The van der Waals surface area contributed by atoms with Crippen molar-refractivity contribution >= 4 is 16.1 Å². The van der Waals surface area contributed by atoms with E-state index in [4.69, 9.17) is 4.74 Å². The molecule has 1 aliphatic heterocycles. The van der Waals surface area contributed by atoms with Crippen LogP contribution in [0.1, 0.15) is 16.7 Å². The zero-order chi connectivity index (χ0) is 20.9. The van der Waals surface area contributed by atoms with Crippen molar-refractivity contribution in [3.63, 3.8) is 0 Å². The zero-order valence-corrected chi connectivity index (χ0v) is 17.0. The topological polar surface area (TPSA) is 87.7 Å². The summed E-state index contributed by atoms with van der Waals surface area (Å²) in [6.45, 7) is 3.30. The number of nitrogens with zero attached hydrogens (tertiary/aromatic N) is 1. The van der Waals surface area contributed by atoms with E-state index in [1.807, 2.05) is 0 Å². The second-order valence-electron chi connectivity index (χ2n) is 6.74. The van der Waals surface area contributed by atoms with E-state index in [-0.39, 0.29) is 23.8 Å². The van der Waals surface area contributed by atoms with Gasteiger partial charge in [-0.05, 0) is 35.7 Å². The lowest BCUT2D eigenvalue weighted by Gasteiger charge is -2.27. The van der Waals surface area contributed by atoms with E-state index in [0.717, 1.165) is 5.56 Å². The first kappa shape index (κ1) is 21.2. The average Bonchev–Trinajstić information content (AvgIpc) is 2.74. The molecule has 2 N–H and O–H groups in total. The SMILES string of the molecule is Cc1cc(CNC(=O)NCc2ccccc2S(=O)(=O)N2CCOCC2)ccc1F. The number of rotatable bonds is 6. The van der Waals surface area contributed by atoms with Crippen molar-refractivity contribution in [2.24, 2.45) is 0 Å². The van der Waals surface area contributed by atoms with Gasteiger partial charge in [0.05, 0.1) is 18.1 Å². The molecule has 3 rings (SSSR count). The van der Waals surface area contributed by atoms with Gasteiger partial charge in [-0.1, -0.05) is 30.3 Å². The van der Waals surface area contributed by atoms with Crippen molar-refractivity contribution in [3.8, 4) is 0 Å². The Balaban J connectivity index is 1.62. The van der Waals surface area contributed by atoms with E-state index < -0.39 is 16.1 Å². The third kappa shape index (κ3) is 5.31. The number of amides is 2. The number of sulfonamides is 1. The molecule has 0 spiro atoms. The Morgan fingerprint density at radius 2 is 1.79 bits per heavy atom. The number of nitrogens with one attached hydrogen (secondary N) is 2. The molecule has 0 aromatic heterocycles. The number of carbonyl (C=O) groups is 1. The molecule has 2 aromatic rings. The molecule has 9 heteroatoms. The summed E-state index contributed by atoms with van der Waals surface area (Å²) in [5, 5.41) is 5.37. The zero-order valence-electron chi connectivity index (χ0n) is 16.2. The van der Waals surface area contributed by atoms with Crippen molar-refractivity contribution in [2.45, 2.75) is 24.9 Å². The molecule has 1 aliphatic rings. The molecule has 0 radical (unpaired) electrons. The molecule has 0 atom stereocenters. The van der Waals surface area contributed by atoms with Crippen LogP contribution in [0.5, 0.6) is 0 Å². The predicted molar refractivity (Wildman–Crippen MR) is 106 cm³/mol. The van der Waals surface area contributed by atoms with E-state index in [0.29, 0.717) is 37.4 Å². The predicted octanol–water partition coefficient (Wildman–Crippen LogP) is 2.15. The van der Waals surface area contributed by atoms with Gasteiger partial charge in [0.25, 0.3) is 0 Å². The first-order valence-corrected chi connectivity index (χ1v) is 10.7. The van der Waals surface area contributed by atoms with Gasteiger partial charge in [0.15, 0.2) is 0 Å². The number of hydrogen-bond donors (Lipinski definition) is 2. The fourth-order valence-electron chi connectivity index (χ4n) is 3.06. The summed E-state index contributed by atoms with van der Waals surface area (Å²) in [6, 6.07) is 10.8. The van der Waals surface area contributed by atoms with E-state index in [2.05, 4.69) is 10.6 Å². The van der Waals surface area contributed by atoms with Gasteiger partial charge in [0.1, 0.15) is 5.82 Å². The van der Waals surface area contributed by atoms with E-state index in [9.17, 15) is 17.6 Å². The van der Waals surface area contributed by atoms with Gasteiger partial charge in [-0.25, -0.2) is 17.6 Å². The lowest BCUT2D eigenvalue weighted by atomic mass is 10.1. The van der Waals surface area contributed by atoms with Gasteiger partial charge < -0.3 is 15.4 Å². The maximum atomic E-state index is 13.3. The number of morpholine rings is 1. The molecular formula is C20H24FN3O4S. The molecule has 0 saturated carbocycles. The molecule has 2 aromatic carbocycles. The fourth-order valence-corrected chi connectivity index (χ4v) is 4.69. The molecule has 29 heavy (non-hydrogen) atoms. The largest absolute Gasteiger partial charge is 0.379 e. The smallest absolute Gasteiger partial charge is 0.315 e. The third-order valence-electron chi connectivity index (χ3n) is 4.68. The highest BCUT2D eigenvalue weighted by molar-refractivity contribution is 7.89. The molecule has 0 bridgehead atoms. The quantitative estimate of drug-likeness (QED) is 0.748. The van der Waals surface area contributed by atoms with Crippen LogP contribution < -0.4 is 10.6 Å². The molecule has 1 heterocycles. The number of ether oxygens (including phenoxy) is 1. The lowest BCUT2D eigenvalue weighted by Crippen LogP contribution is -2.41. The Morgan fingerprint density at radius 1 is 1.10 bits per heavy atom. The second kappa shape index (κ2) is 9.34. The molecule has 156 valence electrons. The van der Waals surface area contributed by atoms with Crippen molar-refractivity contribution in [2.75, 3.05) is 26.3 Å². The second-order valence-corrected chi connectivity index (χ2v) is 8.65. The van der Waals surface area contributed by atoms with Crippen LogP contribution in [0.25, 0.3) is 0 Å². The van der Waals surface area contributed by atoms with E-state index in [1.165, 1.54) is 10.4 Å². The van der Waals surface area contributed by atoms with Crippen LogP contribution in [0.4, 0.5) is 9.18 Å². The lowest BCUT2D eigenvalue weighted by molar-refractivity contribution is 0.0730. The normalized spacial score (nSPS) is 15.1. The minimum atomic E-state index is -3.66. The minimum absolute atomic E-state index is 0.0635. The van der Waals surface area contributed by atoms with Crippen LogP contribution in [-0.2, 0) is 27.8 Å². The number of urea groups is 1. The Hall–Kier alpha value is -2.49. The maximum Gasteiger partial charge on any atom is 0.315 e. The van der Waals surface area contributed by atoms with Crippen LogP contribution in [0, 0.1) is 12.7 Å². The molecule has 2 amide bonds. The Kier molecular flexibility index (Phi) is 6.83. The Bertz CT molecular complexity index is 975. The minimum Gasteiger partial charge on any atom is -0.379 e. The van der Waals surface area contributed by atoms with Crippen molar-refractivity contribution in [1.82, 2.24) is 14.9 Å². The summed E-state index contributed by atoms with van der Waals surface area (Å²) < 4.78 is 45.8. The maximum absolute atomic E-state index is 13.3. The summed E-state index contributed by atoms with van der Waals surface area (Å²) >= 11 is 0. The summed E-state index contributed by atoms with van der Waals surface area (Å²) in [5.74, 6) is -0.295. The first-order valence-electron chi connectivity index (χ1n) is 9.30. The average molecular weight is 421 g/mol. The molecular weight excluding hydrogens is 397 g/mol. The van der Waals surface area contributed by atoms with Gasteiger partial charge in [-0.15, -0.1) is 0 Å². The number of halogens is 1. The van der Waals surface area contributed by atoms with Gasteiger partial charge in [0, 0.05) is 26.2 Å². The van der Waals surface area contributed by atoms with Crippen molar-refractivity contribution < 1.29 is 22.3 Å². The Labute approximate surface area is 169 Å². The summed E-state index contributed by atoms with van der Waals surface area (Å²) in [7, 11) is -3.66. The first-order chi connectivity index (χ1) is 13.9. The number of aryl methyl sites for hydroxylation is 1. The van der Waals surface area contributed by atoms with Crippen molar-refractivity contribution in [1.29, 1.82) is 0 Å². The number of hydrogen-bond acceptors (Lipinski definition) is 4. The highest BCUT2D eigenvalue weighted by Gasteiger charge is 2.28. The van der Waals surface area contributed by atoms with Crippen LogP contribution >= 0.6 is 0 Å². The van der Waals surface area contributed by atoms with Gasteiger partial charge in [-0.3, -0.25) is 0 Å². The summed E-state index contributed by atoms with van der Waals surface area (Å²) in [6.07, 6.45) is 0. The van der Waals surface area contributed by atoms with Crippen LogP contribution in [0.3, 0.4) is 0 Å². The van der Waals surface area contributed by atoms with E-state index >= 15 is 0 Å². The fraction of sp³-hybridized carbons (Fsp3) is 0.350. The monoisotopic (exact) mass is 421 g/mol. The van der Waals surface area contributed by atoms with Crippen LogP contribution in [0.2, 0.25) is 0 Å². The Morgan fingerprint density at radius 3 is 2.52 bits per heavy atom. The third-order valence-corrected chi connectivity index (χ3v) is 6.67.